The summed E-state index contributed by atoms with van der Waals surface area (Å²) in [6, 6.07) is 9.82. The number of nitrogens with one attached hydrogen (secondary N) is 3. The fraction of sp³-hybridized carbons (Fsp3) is 0.273. The molecule has 1 aromatic heterocycles. The minimum absolute atomic E-state index is 0.0350. The van der Waals surface area contributed by atoms with Gasteiger partial charge in [-0.25, -0.2) is 4.39 Å². The maximum atomic E-state index is 13.8. The number of hydrogen-bond donors (Lipinski definition) is 3. The van der Waals surface area contributed by atoms with Crippen LogP contribution < -0.4 is 10.6 Å². The maximum Gasteiger partial charge on any atom is 0.257 e. The molecule has 0 saturated heterocycles. The average Bonchev–Trinajstić information content (AvgIpc) is 3.02. The number of halogens is 1. The molecular formula is C22H22FN3O2. The molecule has 2 aromatic carbocycles. The van der Waals surface area contributed by atoms with E-state index in [1.165, 1.54) is 36.4 Å². The summed E-state index contributed by atoms with van der Waals surface area (Å²) in [6.45, 7) is 3.55. The number of amides is 2. The Morgan fingerprint density at radius 1 is 1.18 bits per heavy atom. The van der Waals surface area contributed by atoms with Crippen molar-refractivity contribution in [3.8, 4) is 0 Å². The molecule has 0 saturated carbocycles. The molecule has 1 aliphatic rings. The van der Waals surface area contributed by atoms with Crippen molar-refractivity contribution in [1.29, 1.82) is 0 Å². The second-order valence-electron chi connectivity index (χ2n) is 7.49. The predicted octanol–water partition coefficient (Wildman–Crippen LogP) is 4.64. The number of aromatic nitrogens is 1. The summed E-state index contributed by atoms with van der Waals surface area (Å²) in [4.78, 5) is 27.6. The molecule has 28 heavy (non-hydrogen) atoms. The van der Waals surface area contributed by atoms with E-state index in [1.807, 2.05) is 12.1 Å². The minimum Gasteiger partial charge on any atom is -0.358 e. The van der Waals surface area contributed by atoms with Gasteiger partial charge < -0.3 is 15.6 Å². The van der Waals surface area contributed by atoms with E-state index < -0.39 is 5.82 Å². The van der Waals surface area contributed by atoms with E-state index in [0.717, 1.165) is 30.2 Å². The van der Waals surface area contributed by atoms with E-state index >= 15 is 0 Å². The topological polar surface area (TPSA) is 74.0 Å². The third-order valence-electron chi connectivity index (χ3n) is 5.25. The van der Waals surface area contributed by atoms with Gasteiger partial charge >= 0.3 is 0 Å². The summed E-state index contributed by atoms with van der Waals surface area (Å²) in [5.41, 5.74) is 4.35. The highest BCUT2D eigenvalue weighted by Crippen LogP contribution is 2.33. The molecule has 1 unspecified atom stereocenters. The molecule has 1 aliphatic carbocycles. The molecule has 5 nitrogen and oxygen atoms in total. The number of benzene rings is 2. The first-order chi connectivity index (χ1) is 13.4. The molecule has 0 spiro atoms. The van der Waals surface area contributed by atoms with E-state index in [-0.39, 0.29) is 17.5 Å². The summed E-state index contributed by atoms with van der Waals surface area (Å²) >= 11 is 0. The number of carbonyl (C=O) groups excluding carboxylic acids is 2. The number of carbonyl (C=O) groups is 2. The van der Waals surface area contributed by atoms with Crippen LogP contribution in [0.15, 0.2) is 36.4 Å². The normalized spacial score (nSPS) is 15.9. The van der Waals surface area contributed by atoms with Gasteiger partial charge in [0.15, 0.2) is 0 Å². The van der Waals surface area contributed by atoms with Crippen LogP contribution in [0, 0.1) is 11.7 Å². The second-order valence-corrected chi connectivity index (χ2v) is 7.49. The Hall–Kier alpha value is -3.15. The predicted molar refractivity (Wildman–Crippen MR) is 108 cm³/mol. The lowest BCUT2D eigenvalue weighted by atomic mass is 9.87. The molecule has 1 atom stereocenters. The Kier molecular flexibility index (Phi) is 4.63. The van der Waals surface area contributed by atoms with E-state index in [1.54, 1.807) is 6.07 Å². The first-order valence-corrected chi connectivity index (χ1v) is 9.43. The summed E-state index contributed by atoms with van der Waals surface area (Å²) in [5.74, 6) is -0.576. The van der Waals surface area contributed by atoms with Crippen molar-refractivity contribution in [2.45, 2.75) is 33.1 Å². The van der Waals surface area contributed by atoms with Gasteiger partial charge in [0, 0.05) is 23.7 Å². The van der Waals surface area contributed by atoms with Crippen LogP contribution in [0.25, 0.3) is 10.9 Å². The maximum absolute atomic E-state index is 13.8. The number of H-pyrrole nitrogens is 1. The van der Waals surface area contributed by atoms with Crippen LogP contribution >= 0.6 is 0 Å². The number of aryl methyl sites for hydroxylation is 1. The quantitative estimate of drug-likeness (QED) is 0.620. The fourth-order valence-corrected chi connectivity index (χ4v) is 3.89. The van der Waals surface area contributed by atoms with Crippen LogP contribution in [-0.4, -0.2) is 16.8 Å². The van der Waals surface area contributed by atoms with Gasteiger partial charge in [-0.2, -0.15) is 0 Å². The molecule has 3 aromatic rings. The number of aromatic amines is 1. The zero-order valence-electron chi connectivity index (χ0n) is 15.9. The average molecular weight is 379 g/mol. The lowest BCUT2D eigenvalue weighted by Crippen LogP contribution is -2.13. The van der Waals surface area contributed by atoms with Gasteiger partial charge in [-0.05, 0) is 55.0 Å². The first kappa shape index (κ1) is 18.2. The molecule has 0 radical (unpaired) electrons. The summed E-state index contributed by atoms with van der Waals surface area (Å²) < 4.78 is 13.8. The third kappa shape index (κ3) is 3.38. The number of anilines is 2. The second kappa shape index (κ2) is 7.11. The van der Waals surface area contributed by atoms with Crippen molar-refractivity contribution >= 4 is 34.1 Å². The van der Waals surface area contributed by atoms with E-state index in [0.29, 0.717) is 17.2 Å². The minimum atomic E-state index is -0.554. The molecule has 144 valence electrons. The smallest absolute Gasteiger partial charge is 0.257 e. The molecule has 4 rings (SSSR count). The number of rotatable bonds is 3. The van der Waals surface area contributed by atoms with Crippen LogP contribution in [0.4, 0.5) is 15.8 Å². The summed E-state index contributed by atoms with van der Waals surface area (Å²) in [5, 5.41) is 6.32. The Morgan fingerprint density at radius 2 is 2.00 bits per heavy atom. The molecule has 2 amide bonds. The van der Waals surface area contributed by atoms with Gasteiger partial charge in [-0.3, -0.25) is 9.59 Å². The lowest BCUT2D eigenvalue weighted by molar-refractivity contribution is -0.114. The van der Waals surface area contributed by atoms with Crippen LogP contribution in [0.1, 0.15) is 41.9 Å². The van der Waals surface area contributed by atoms with Crippen LogP contribution in [0.2, 0.25) is 0 Å². The number of hydrogen-bond acceptors (Lipinski definition) is 2. The summed E-state index contributed by atoms with van der Waals surface area (Å²) in [7, 11) is 0. The van der Waals surface area contributed by atoms with E-state index in [4.69, 9.17) is 0 Å². The van der Waals surface area contributed by atoms with Crippen molar-refractivity contribution in [3.05, 3.63) is 59.0 Å². The van der Waals surface area contributed by atoms with Crippen molar-refractivity contribution in [3.63, 3.8) is 0 Å². The number of para-hydroxylation sites is 1. The molecule has 6 heteroatoms. The van der Waals surface area contributed by atoms with Crippen molar-refractivity contribution < 1.29 is 14.0 Å². The molecule has 3 N–H and O–H groups in total. The van der Waals surface area contributed by atoms with Gasteiger partial charge in [-0.15, -0.1) is 0 Å². The molecular weight excluding hydrogens is 357 g/mol. The van der Waals surface area contributed by atoms with E-state index in [9.17, 15) is 14.0 Å². The van der Waals surface area contributed by atoms with Crippen LogP contribution in [0.3, 0.4) is 0 Å². The lowest BCUT2D eigenvalue weighted by Gasteiger charge is -2.17. The Balaban J connectivity index is 1.66. The fourth-order valence-electron chi connectivity index (χ4n) is 3.89. The standard InChI is InChI=1S/C22H22FN3O2/c1-12-6-9-19-17(10-12)15-4-3-5-16(21(15)26-19)22(28)25-14-7-8-18(23)20(11-14)24-13(2)27/h3-5,7-8,11-12,26H,6,9-10H2,1-2H3,(H,24,27)(H,25,28). The van der Waals surface area contributed by atoms with Gasteiger partial charge in [0.05, 0.1) is 16.8 Å². The first-order valence-electron chi connectivity index (χ1n) is 9.43. The molecule has 0 bridgehead atoms. The zero-order valence-corrected chi connectivity index (χ0v) is 15.9. The molecule has 1 heterocycles. The highest BCUT2D eigenvalue weighted by atomic mass is 19.1. The zero-order chi connectivity index (χ0) is 19.8. The Labute approximate surface area is 162 Å². The largest absolute Gasteiger partial charge is 0.358 e. The van der Waals surface area contributed by atoms with Crippen LogP contribution in [0.5, 0.6) is 0 Å². The Morgan fingerprint density at radius 3 is 2.79 bits per heavy atom. The molecule has 0 fully saturated rings. The highest BCUT2D eigenvalue weighted by Gasteiger charge is 2.22. The number of fused-ring (bicyclic) bond motifs is 3. The summed E-state index contributed by atoms with van der Waals surface area (Å²) in [6.07, 6.45) is 3.14. The Bertz CT molecular complexity index is 1090. The van der Waals surface area contributed by atoms with Crippen molar-refractivity contribution in [2.24, 2.45) is 5.92 Å². The van der Waals surface area contributed by atoms with Crippen molar-refractivity contribution in [1.82, 2.24) is 4.98 Å². The SMILES string of the molecule is CC(=O)Nc1cc(NC(=O)c2cccc3c4c([nH]c23)CCC(C)C4)ccc1F. The molecule has 0 aliphatic heterocycles. The monoisotopic (exact) mass is 379 g/mol. The van der Waals surface area contributed by atoms with Crippen molar-refractivity contribution in [2.75, 3.05) is 10.6 Å². The van der Waals surface area contributed by atoms with Gasteiger partial charge in [0.25, 0.3) is 5.91 Å². The van der Waals surface area contributed by atoms with Gasteiger partial charge in [-0.1, -0.05) is 19.1 Å². The third-order valence-corrected chi connectivity index (χ3v) is 5.25. The highest BCUT2D eigenvalue weighted by molar-refractivity contribution is 6.12. The van der Waals surface area contributed by atoms with Gasteiger partial charge in [0.2, 0.25) is 5.91 Å². The van der Waals surface area contributed by atoms with Crippen LogP contribution in [-0.2, 0) is 17.6 Å². The van der Waals surface area contributed by atoms with E-state index in [2.05, 4.69) is 22.5 Å². The van der Waals surface area contributed by atoms with Gasteiger partial charge in [0.1, 0.15) is 5.82 Å².